The molecule has 0 bridgehead atoms. The first-order valence-electron chi connectivity index (χ1n) is 6.77. The predicted octanol–water partition coefficient (Wildman–Crippen LogP) is 3.25. The van der Waals surface area contributed by atoms with E-state index in [0.29, 0.717) is 22.6 Å². The summed E-state index contributed by atoms with van der Waals surface area (Å²) in [5, 5.41) is 23.5. The van der Waals surface area contributed by atoms with Crippen LogP contribution in [0.15, 0.2) is 54.2 Å². The molecule has 6 nitrogen and oxygen atoms in total. The van der Waals surface area contributed by atoms with E-state index in [1.54, 1.807) is 36.4 Å². The first-order valence-corrected chi connectivity index (χ1v) is 7.14. The lowest BCUT2D eigenvalue weighted by atomic mass is 10.2. The molecule has 0 aliphatic rings. The maximum absolute atomic E-state index is 12.1. The highest BCUT2D eigenvalue weighted by atomic mass is 35.5. The largest absolute Gasteiger partial charge is 0.399 e. The summed E-state index contributed by atoms with van der Waals surface area (Å²) in [4.78, 5) is 12.1. The van der Waals surface area contributed by atoms with Crippen LogP contribution in [0.2, 0.25) is 5.02 Å². The van der Waals surface area contributed by atoms with Crippen molar-refractivity contribution >= 4 is 34.6 Å². The number of carbonyl (C=O) groups excluding carboxylic acids is 1. The number of anilines is 3. The molecule has 7 heteroatoms. The van der Waals surface area contributed by atoms with Crippen LogP contribution < -0.4 is 16.4 Å². The van der Waals surface area contributed by atoms with Gasteiger partial charge in [-0.1, -0.05) is 11.6 Å². The number of rotatable bonds is 4. The number of carbonyl (C=O) groups is 1. The predicted molar refractivity (Wildman–Crippen MR) is 93.0 cm³/mol. The molecular formula is C17H12ClN5O. The second-order valence-corrected chi connectivity index (χ2v) is 5.10. The van der Waals surface area contributed by atoms with Crippen molar-refractivity contribution in [2.45, 2.75) is 0 Å². The molecule has 0 atom stereocenters. The van der Waals surface area contributed by atoms with E-state index in [-0.39, 0.29) is 10.6 Å². The van der Waals surface area contributed by atoms with Crippen LogP contribution in [0.3, 0.4) is 0 Å². The smallest absolute Gasteiger partial charge is 0.267 e. The molecule has 1 amide bonds. The SMILES string of the molecule is N#C/C(=C/Nc1ccc(C#N)cc1)C(=O)Nc1ccc(N)cc1Cl. The molecule has 0 fully saturated rings. The monoisotopic (exact) mass is 337 g/mol. The van der Waals surface area contributed by atoms with Gasteiger partial charge < -0.3 is 16.4 Å². The number of nitriles is 2. The molecule has 118 valence electrons. The fraction of sp³-hybridized carbons (Fsp3) is 0. The van der Waals surface area contributed by atoms with Gasteiger partial charge in [0.05, 0.1) is 22.3 Å². The van der Waals surface area contributed by atoms with Gasteiger partial charge in [0.1, 0.15) is 11.6 Å². The van der Waals surface area contributed by atoms with Crippen LogP contribution in [0, 0.1) is 22.7 Å². The molecule has 0 spiro atoms. The highest BCUT2D eigenvalue weighted by Gasteiger charge is 2.11. The minimum Gasteiger partial charge on any atom is -0.399 e. The standard InChI is InChI=1S/C17H12ClN5O/c18-15-7-13(21)3-6-16(15)23-17(24)12(9-20)10-22-14-4-1-11(8-19)2-5-14/h1-7,10,22H,21H2,(H,23,24)/b12-10-. The number of nitrogens with one attached hydrogen (secondary N) is 2. The summed E-state index contributed by atoms with van der Waals surface area (Å²) in [5.74, 6) is -0.606. The topological polar surface area (TPSA) is 115 Å². The van der Waals surface area contributed by atoms with Crippen molar-refractivity contribution in [3.63, 3.8) is 0 Å². The molecule has 0 aliphatic carbocycles. The number of nitrogens with two attached hydrogens (primary N) is 1. The Kier molecular flexibility index (Phi) is 5.40. The Morgan fingerprint density at radius 1 is 1.17 bits per heavy atom. The quantitative estimate of drug-likeness (QED) is 0.450. The molecule has 0 aromatic heterocycles. The lowest BCUT2D eigenvalue weighted by Gasteiger charge is -2.07. The third-order valence-corrected chi connectivity index (χ3v) is 3.32. The summed E-state index contributed by atoms with van der Waals surface area (Å²) in [6, 6.07) is 15.0. The molecular weight excluding hydrogens is 326 g/mol. The van der Waals surface area contributed by atoms with Crippen molar-refractivity contribution in [3.05, 3.63) is 64.8 Å². The van der Waals surface area contributed by atoms with Gasteiger partial charge in [-0.25, -0.2) is 0 Å². The van der Waals surface area contributed by atoms with Gasteiger partial charge in [-0.3, -0.25) is 4.79 Å². The number of amides is 1. The van der Waals surface area contributed by atoms with Crippen LogP contribution >= 0.6 is 11.6 Å². The summed E-state index contributed by atoms with van der Waals surface area (Å²) in [6.07, 6.45) is 1.28. The fourth-order valence-electron chi connectivity index (χ4n) is 1.77. The van der Waals surface area contributed by atoms with Gasteiger partial charge >= 0.3 is 0 Å². The van der Waals surface area contributed by atoms with Crippen molar-refractivity contribution in [1.82, 2.24) is 0 Å². The number of nitrogens with zero attached hydrogens (tertiary/aromatic N) is 2. The minimum absolute atomic E-state index is 0.132. The van der Waals surface area contributed by atoms with E-state index in [1.807, 2.05) is 12.1 Å². The zero-order valence-electron chi connectivity index (χ0n) is 12.4. The van der Waals surface area contributed by atoms with Gasteiger partial charge in [-0.05, 0) is 42.5 Å². The summed E-state index contributed by atoms with van der Waals surface area (Å²) >= 11 is 5.98. The zero-order chi connectivity index (χ0) is 17.5. The number of hydrogen-bond acceptors (Lipinski definition) is 5. The van der Waals surface area contributed by atoms with Crippen LogP contribution in [-0.4, -0.2) is 5.91 Å². The molecule has 2 aromatic rings. The Hall–Kier alpha value is -3.48. The third kappa shape index (κ3) is 4.26. The van der Waals surface area contributed by atoms with E-state index >= 15 is 0 Å². The van der Waals surface area contributed by atoms with E-state index in [9.17, 15) is 4.79 Å². The molecule has 0 unspecified atom stereocenters. The van der Waals surface area contributed by atoms with Crippen molar-refractivity contribution < 1.29 is 4.79 Å². The number of halogens is 1. The second kappa shape index (κ2) is 7.68. The lowest BCUT2D eigenvalue weighted by molar-refractivity contribution is -0.112. The molecule has 24 heavy (non-hydrogen) atoms. The molecule has 0 aliphatic heterocycles. The van der Waals surface area contributed by atoms with E-state index in [1.165, 1.54) is 12.3 Å². The average Bonchev–Trinajstić information content (AvgIpc) is 2.58. The van der Waals surface area contributed by atoms with E-state index in [2.05, 4.69) is 10.6 Å². The summed E-state index contributed by atoms with van der Waals surface area (Å²) < 4.78 is 0. The van der Waals surface area contributed by atoms with Gasteiger partial charge in [-0.15, -0.1) is 0 Å². The van der Waals surface area contributed by atoms with Gasteiger partial charge in [0.2, 0.25) is 0 Å². The Morgan fingerprint density at radius 3 is 2.46 bits per heavy atom. The molecule has 0 heterocycles. The molecule has 0 saturated heterocycles. The van der Waals surface area contributed by atoms with Gasteiger partial charge in [0, 0.05) is 17.6 Å². The van der Waals surface area contributed by atoms with Crippen LogP contribution in [-0.2, 0) is 4.79 Å². The first kappa shape index (κ1) is 16.9. The Balaban J connectivity index is 2.10. The molecule has 4 N–H and O–H groups in total. The Morgan fingerprint density at radius 2 is 1.88 bits per heavy atom. The van der Waals surface area contributed by atoms with Crippen LogP contribution in [0.25, 0.3) is 0 Å². The number of benzene rings is 2. The first-order chi connectivity index (χ1) is 11.5. The number of hydrogen-bond donors (Lipinski definition) is 3. The Labute approximate surface area is 143 Å². The van der Waals surface area contributed by atoms with Gasteiger partial charge in [-0.2, -0.15) is 10.5 Å². The summed E-state index contributed by atoms with van der Waals surface area (Å²) in [6.45, 7) is 0. The molecule has 0 saturated carbocycles. The van der Waals surface area contributed by atoms with Crippen molar-refractivity contribution in [2.75, 3.05) is 16.4 Å². The fourth-order valence-corrected chi connectivity index (χ4v) is 2.00. The van der Waals surface area contributed by atoms with Crippen LogP contribution in [0.1, 0.15) is 5.56 Å². The van der Waals surface area contributed by atoms with Crippen LogP contribution in [0.4, 0.5) is 17.1 Å². The van der Waals surface area contributed by atoms with E-state index < -0.39 is 5.91 Å². The summed E-state index contributed by atoms with van der Waals surface area (Å²) in [5.41, 5.74) is 7.43. The van der Waals surface area contributed by atoms with Crippen molar-refractivity contribution in [3.8, 4) is 12.1 Å². The maximum Gasteiger partial charge on any atom is 0.267 e. The van der Waals surface area contributed by atoms with Crippen LogP contribution in [0.5, 0.6) is 0 Å². The molecule has 0 radical (unpaired) electrons. The van der Waals surface area contributed by atoms with E-state index in [0.717, 1.165) is 0 Å². The normalized spacial score (nSPS) is 10.4. The third-order valence-electron chi connectivity index (χ3n) is 3.00. The minimum atomic E-state index is -0.606. The van der Waals surface area contributed by atoms with Gasteiger partial charge in [0.25, 0.3) is 5.91 Å². The molecule has 2 aromatic carbocycles. The second-order valence-electron chi connectivity index (χ2n) is 4.70. The number of nitrogen functional groups attached to an aromatic ring is 1. The lowest BCUT2D eigenvalue weighted by Crippen LogP contribution is -2.15. The van der Waals surface area contributed by atoms with Crippen molar-refractivity contribution in [2.24, 2.45) is 0 Å². The van der Waals surface area contributed by atoms with E-state index in [4.69, 9.17) is 27.9 Å². The molecule has 2 rings (SSSR count). The van der Waals surface area contributed by atoms with Gasteiger partial charge in [0.15, 0.2) is 0 Å². The zero-order valence-corrected chi connectivity index (χ0v) is 13.1. The average molecular weight is 338 g/mol. The maximum atomic E-state index is 12.1. The highest BCUT2D eigenvalue weighted by molar-refractivity contribution is 6.34. The highest BCUT2D eigenvalue weighted by Crippen LogP contribution is 2.24. The van der Waals surface area contributed by atoms with Crippen molar-refractivity contribution in [1.29, 1.82) is 10.5 Å². The Bertz CT molecular complexity index is 875. The summed E-state index contributed by atoms with van der Waals surface area (Å²) in [7, 11) is 0.